The van der Waals surface area contributed by atoms with Gasteiger partial charge in [-0.05, 0) is 67.8 Å². The first-order valence-electron chi connectivity index (χ1n) is 6.69. The van der Waals surface area contributed by atoms with Gasteiger partial charge in [0.15, 0.2) is 0 Å². The Morgan fingerprint density at radius 2 is 1.73 bits per heavy atom. The molecule has 4 nitrogen and oxygen atoms in total. The number of ether oxygens (including phenoxy) is 1. The molecule has 0 saturated heterocycles. The SMILES string of the molecule is COc1ccc(S(=O)(=O)Nc2ccc(Cl)cc2C)c(C)c1C. The molecule has 2 rings (SSSR count). The first-order chi connectivity index (χ1) is 10.3. The van der Waals surface area contributed by atoms with Gasteiger partial charge in [0, 0.05) is 5.02 Å². The molecule has 0 aliphatic carbocycles. The van der Waals surface area contributed by atoms with Crippen LogP contribution < -0.4 is 9.46 Å². The van der Waals surface area contributed by atoms with Gasteiger partial charge in [0.05, 0.1) is 17.7 Å². The fourth-order valence-electron chi connectivity index (χ4n) is 2.22. The number of aryl methyl sites for hydroxylation is 1. The molecule has 0 spiro atoms. The third-order valence-corrected chi connectivity index (χ3v) is 5.38. The number of hydrogen-bond donors (Lipinski definition) is 1. The van der Waals surface area contributed by atoms with Crippen LogP contribution in [0.1, 0.15) is 16.7 Å². The summed E-state index contributed by atoms with van der Waals surface area (Å²) in [6.07, 6.45) is 0. The second-order valence-electron chi connectivity index (χ2n) is 5.08. The van der Waals surface area contributed by atoms with Crippen molar-refractivity contribution in [3.63, 3.8) is 0 Å². The molecule has 0 atom stereocenters. The van der Waals surface area contributed by atoms with Crippen molar-refractivity contribution in [2.24, 2.45) is 0 Å². The Morgan fingerprint density at radius 1 is 1.05 bits per heavy atom. The highest BCUT2D eigenvalue weighted by Gasteiger charge is 2.20. The summed E-state index contributed by atoms with van der Waals surface area (Å²) in [5.74, 6) is 0.666. The Bertz CT molecular complexity index is 816. The Labute approximate surface area is 136 Å². The Morgan fingerprint density at radius 3 is 2.32 bits per heavy atom. The molecule has 2 aromatic rings. The second kappa shape index (κ2) is 6.18. The molecule has 0 aliphatic heterocycles. The van der Waals surface area contributed by atoms with E-state index in [1.54, 1.807) is 51.3 Å². The normalized spacial score (nSPS) is 11.3. The molecule has 6 heteroatoms. The van der Waals surface area contributed by atoms with E-state index >= 15 is 0 Å². The van der Waals surface area contributed by atoms with Crippen molar-refractivity contribution in [1.29, 1.82) is 0 Å². The van der Waals surface area contributed by atoms with Crippen LogP contribution in [0, 0.1) is 20.8 Å². The van der Waals surface area contributed by atoms with Crippen LogP contribution in [0.2, 0.25) is 5.02 Å². The molecule has 0 aliphatic rings. The molecule has 2 aromatic carbocycles. The topological polar surface area (TPSA) is 55.4 Å². The minimum Gasteiger partial charge on any atom is -0.496 e. The highest BCUT2D eigenvalue weighted by atomic mass is 35.5. The van der Waals surface area contributed by atoms with Crippen LogP contribution >= 0.6 is 11.6 Å². The van der Waals surface area contributed by atoms with E-state index in [1.807, 2.05) is 6.92 Å². The largest absolute Gasteiger partial charge is 0.496 e. The van der Waals surface area contributed by atoms with Gasteiger partial charge >= 0.3 is 0 Å². The highest BCUT2D eigenvalue weighted by Crippen LogP contribution is 2.29. The number of nitrogens with one attached hydrogen (secondary N) is 1. The van der Waals surface area contributed by atoms with E-state index in [2.05, 4.69) is 4.72 Å². The van der Waals surface area contributed by atoms with Crippen molar-refractivity contribution in [3.8, 4) is 5.75 Å². The lowest BCUT2D eigenvalue weighted by molar-refractivity contribution is 0.411. The van der Waals surface area contributed by atoms with Gasteiger partial charge in [0.1, 0.15) is 5.75 Å². The van der Waals surface area contributed by atoms with Gasteiger partial charge in [-0.25, -0.2) is 8.42 Å². The molecule has 1 N–H and O–H groups in total. The Balaban J connectivity index is 2.45. The standard InChI is InChI=1S/C16H18ClNO3S/c1-10-9-13(17)5-6-14(10)18-22(19,20)16-8-7-15(21-4)11(2)12(16)3/h5-9,18H,1-4H3. The molecular formula is C16H18ClNO3S. The van der Waals surface area contributed by atoms with Gasteiger partial charge in [0.25, 0.3) is 10.0 Å². The molecule has 0 unspecified atom stereocenters. The number of anilines is 1. The summed E-state index contributed by atoms with van der Waals surface area (Å²) in [4.78, 5) is 0.236. The van der Waals surface area contributed by atoms with Crippen molar-refractivity contribution >= 4 is 27.3 Å². The van der Waals surface area contributed by atoms with E-state index in [0.29, 0.717) is 22.0 Å². The summed E-state index contributed by atoms with van der Waals surface area (Å²) < 4.78 is 33.1. The molecule has 0 bridgehead atoms. The maximum Gasteiger partial charge on any atom is 0.262 e. The predicted molar refractivity (Wildman–Crippen MR) is 89.5 cm³/mol. The first kappa shape index (κ1) is 16.6. The van der Waals surface area contributed by atoms with Gasteiger partial charge in [-0.3, -0.25) is 4.72 Å². The number of hydrogen-bond acceptors (Lipinski definition) is 3. The summed E-state index contributed by atoms with van der Waals surface area (Å²) in [5, 5.41) is 0.567. The van der Waals surface area contributed by atoms with Gasteiger partial charge in [-0.15, -0.1) is 0 Å². The van der Waals surface area contributed by atoms with E-state index in [9.17, 15) is 8.42 Å². The fraction of sp³-hybridized carbons (Fsp3) is 0.250. The molecule has 0 saturated carbocycles. The molecule has 0 radical (unpaired) electrons. The quantitative estimate of drug-likeness (QED) is 0.913. The third-order valence-electron chi connectivity index (χ3n) is 3.63. The van der Waals surface area contributed by atoms with Gasteiger partial charge < -0.3 is 4.74 Å². The van der Waals surface area contributed by atoms with Crippen LogP contribution in [-0.2, 0) is 10.0 Å². The van der Waals surface area contributed by atoms with Crippen LogP contribution in [0.25, 0.3) is 0 Å². The number of benzene rings is 2. The highest BCUT2D eigenvalue weighted by molar-refractivity contribution is 7.92. The third kappa shape index (κ3) is 3.20. The number of sulfonamides is 1. The van der Waals surface area contributed by atoms with Crippen LogP contribution in [0.5, 0.6) is 5.75 Å². The first-order valence-corrected chi connectivity index (χ1v) is 8.55. The number of halogens is 1. The average molecular weight is 340 g/mol. The van der Waals surface area contributed by atoms with Crippen LogP contribution in [0.4, 0.5) is 5.69 Å². The summed E-state index contributed by atoms with van der Waals surface area (Å²) in [5.41, 5.74) is 2.74. The molecule has 22 heavy (non-hydrogen) atoms. The van der Waals surface area contributed by atoms with Crippen LogP contribution in [0.15, 0.2) is 35.2 Å². The maximum atomic E-state index is 12.6. The van der Waals surface area contributed by atoms with Crippen molar-refractivity contribution in [2.75, 3.05) is 11.8 Å². The van der Waals surface area contributed by atoms with Gasteiger partial charge in [0.2, 0.25) is 0 Å². The lowest BCUT2D eigenvalue weighted by Gasteiger charge is -2.15. The van der Waals surface area contributed by atoms with Crippen molar-refractivity contribution < 1.29 is 13.2 Å². The van der Waals surface area contributed by atoms with E-state index in [1.165, 1.54) is 0 Å². The lowest BCUT2D eigenvalue weighted by Crippen LogP contribution is -2.15. The van der Waals surface area contributed by atoms with Crippen molar-refractivity contribution in [1.82, 2.24) is 0 Å². The zero-order chi connectivity index (χ0) is 16.5. The van der Waals surface area contributed by atoms with E-state index in [0.717, 1.165) is 11.1 Å². The van der Waals surface area contributed by atoms with Gasteiger partial charge in [-0.1, -0.05) is 11.6 Å². The van der Waals surface area contributed by atoms with E-state index in [-0.39, 0.29) is 4.90 Å². The summed E-state index contributed by atoms with van der Waals surface area (Å²) in [7, 11) is -2.11. The monoisotopic (exact) mass is 339 g/mol. The van der Waals surface area contributed by atoms with E-state index in [4.69, 9.17) is 16.3 Å². The minimum absolute atomic E-state index is 0.236. The molecule has 118 valence electrons. The summed E-state index contributed by atoms with van der Waals surface area (Å²) in [6.45, 7) is 5.40. The number of rotatable bonds is 4. The van der Waals surface area contributed by atoms with Crippen molar-refractivity contribution in [2.45, 2.75) is 25.7 Å². The van der Waals surface area contributed by atoms with Crippen LogP contribution in [0.3, 0.4) is 0 Å². The predicted octanol–water partition coefficient (Wildman–Crippen LogP) is 4.07. The average Bonchev–Trinajstić information content (AvgIpc) is 2.44. The minimum atomic E-state index is -3.68. The van der Waals surface area contributed by atoms with Crippen molar-refractivity contribution in [3.05, 3.63) is 52.0 Å². The number of methoxy groups -OCH3 is 1. The van der Waals surface area contributed by atoms with E-state index < -0.39 is 10.0 Å². The lowest BCUT2D eigenvalue weighted by atomic mass is 10.1. The van der Waals surface area contributed by atoms with Crippen LogP contribution in [-0.4, -0.2) is 15.5 Å². The zero-order valence-electron chi connectivity index (χ0n) is 12.9. The molecular weight excluding hydrogens is 322 g/mol. The zero-order valence-corrected chi connectivity index (χ0v) is 14.5. The molecule has 0 aromatic heterocycles. The molecule has 0 fully saturated rings. The van der Waals surface area contributed by atoms with Gasteiger partial charge in [-0.2, -0.15) is 0 Å². The summed E-state index contributed by atoms with van der Waals surface area (Å²) >= 11 is 5.89. The molecule has 0 heterocycles. The smallest absolute Gasteiger partial charge is 0.262 e. The Kier molecular flexibility index (Phi) is 4.68. The second-order valence-corrected chi connectivity index (χ2v) is 7.17. The summed E-state index contributed by atoms with van der Waals surface area (Å²) in [6, 6.07) is 8.23. The maximum absolute atomic E-state index is 12.6. The fourth-order valence-corrected chi connectivity index (χ4v) is 3.88. The molecule has 0 amide bonds. The Hall–Kier alpha value is -1.72.